The van der Waals surface area contributed by atoms with Crippen molar-refractivity contribution in [2.45, 2.75) is 17.8 Å². The first-order chi connectivity index (χ1) is 17.0. The van der Waals surface area contributed by atoms with Gasteiger partial charge in [-0.15, -0.1) is 0 Å². The highest BCUT2D eigenvalue weighted by atomic mass is 16.5. The molecule has 4 heteroatoms. The van der Waals surface area contributed by atoms with Crippen molar-refractivity contribution in [2.75, 3.05) is 7.11 Å². The summed E-state index contributed by atoms with van der Waals surface area (Å²) < 4.78 is 5.38. The van der Waals surface area contributed by atoms with Crippen LogP contribution in [0, 0.1) is 5.92 Å². The molecule has 0 bridgehead atoms. The molecular weight excluding hydrogens is 436 g/mol. The van der Waals surface area contributed by atoms with Crippen molar-refractivity contribution in [3.05, 3.63) is 126 Å². The van der Waals surface area contributed by atoms with Gasteiger partial charge in [0.2, 0.25) is 0 Å². The van der Waals surface area contributed by atoms with Gasteiger partial charge in [-0.1, -0.05) is 91.5 Å². The summed E-state index contributed by atoms with van der Waals surface area (Å²) in [4.78, 5) is 28.5. The number of hydrogen-bond donors (Lipinski definition) is 1. The summed E-state index contributed by atoms with van der Waals surface area (Å²) in [7, 11) is 1.49. The Hall–Kier alpha value is -4.18. The van der Waals surface area contributed by atoms with Gasteiger partial charge >= 0.3 is 0 Å². The fourth-order valence-corrected chi connectivity index (χ4v) is 5.79. The molecule has 0 spiro atoms. The minimum Gasteiger partial charge on any atom is -0.504 e. The second-order valence-electron chi connectivity index (χ2n) is 8.92. The quantitative estimate of drug-likeness (QED) is 0.521. The van der Waals surface area contributed by atoms with Crippen molar-refractivity contribution < 1.29 is 19.4 Å². The molecule has 0 saturated heterocycles. The van der Waals surface area contributed by atoms with Crippen LogP contribution in [0.3, 0.4) is 0 Å². The van der Waals surface area contributed by atoms with Gasteiger partial charge in [0, 0.05) is 23.0 Å². The molecule has 174 valence electrons. The molecule has 0 unspecified atom stereocenters. The number of fused-ring (bicyclic) bond motifs is 1. The normalized spacial score (nSPS) is 23.7. The third-order valence-corrected chi connectivity index (χ3v) is 7.33. The van der Waals surface area contributed by atoms with Crippen LogP contribution in [-0.4, -0.2) is 23.8 Å². The van der Waals surface area contributed by atoms with Gasteiger partial charge < -0.3 is 9.84 Å². The first-order valence-electron chi connectivity index (χ1n) is 11.6. The third kappa shape index (κ3) is 3.36. The molecule has 5 rings (SSSR count). The lowest BCUT2D eigenvalue weighted by atomic mass is 9.50. The van der Waals surface area contributed by atoms with Crippen LogP contribution in [0.4, 0.5) is 0 Å². The standard InChI is InChI=1S/C31H26O4/c1-3-20-17-18-25-29(33)24(21-11-6-4-7-12-21)19-27(32)31(25,22-13-8-5-9-14-22)28(20)23-15-10-16-26(35-2)30(23)34/h3-17,19,25,28,34H,1,18H2,2H3/t25-,28+,31-/m0/s1. The average molecular weight is 463 g/mol. The maximum atomic E-state index is 14.4. The van der Waals surface area contributed by atoms with Gasteiger partial charge in [-0.2, -0.15) is 0 Å². The van der Waals surface area contributed by atoms with Crippen molar-refractivity contribution in [3.8, 4) is 11.5 Å². The van der Waals surface area contributed by atoms with Gasteiger partial charge in [0.25, 0.3) is 0 Å². The van der Waals surface area contributed by atoms with Gasteiger partial charge in [-0.25, -0.2) is 0 Å². The Morgan fingerprint density at radius 1 is 0.971 bits per heavy atom. The fraction of sp³-hybridized carbons (Fsp3) is 0.161. The first kappa shape index (κ1) is 22.6. The van der Waals surface area contributed by atoms with Gasteiger partial charge in [0.1, 0.15) is 0 Å². The zero-order valence-corrected chi connectivity index (χ0v) is 19.5. The molecular formula is C31H26O4. The summed E-state index contributed by atoms with van der Waals surface area (Å²) >= 11 is 0. The molecule has 35 heavy (non-hydrogen) atoms. The van der Waals surface area contributed by atoms with Crippen LogP contribution in [0.25, 0.3) is 5.57 Å². The van der Waals surface area contributed by atoms with Crippen molar-refractivity contribution >= 4 is 17.1 Å². The van der Waals surface area contributed by atoms with Crippen LogP contribution in [0.5, 0.6) is 11.5 Å². The summed E-state index contributed by atoms with van der Waals surface area (Å²) in [5.74, 6) is -1.23. The number of Topliss-reactive ketones (excluding diaryl/α,β-unsaturated/α-hetero) is 1. The molecule has 0 heterocycles. The topological polar surface area (TPSA) is 63.6 Å². The number of phenolic OH excluding ortho intramolecular Hbond substituents is 1. The van der Waals surface area contributed by atoms with E-state index in [-0.39, 0.29) is 17.3 Å². The molecule has 4 nitrogen and oxygen atoms in total. The maximum absolute atomic E-state index is 14.4. The minimum absolute atomic E-state index is 0.0400. The molecule has 0 saturated carbocycles. The van der Waals surface area contributed by atoms with Crippen LogP contribution < -0.4 is 4.74 Å². The van der Waals surface area contributed by atoms with E-state index in [4.69, 9.17) is 4.74 Å². The van der Waals surface area contributed by atoms with E-state index in [0.717, 1.165) is 16.7 Å². The summed E-state index contributed by atoms with van der Waals surface area (Å²) in [5.41, 5.74) is 1.99. The van der Waals surface area contributed by atoms with E-state index in [1.807, 2.05) is 66.7 Å². The van der Waals surface area contributed by atoms with Crippen molar-refractivity contribution in [1.29, 1.82) is 0 Å². The smallest absolute Gasteiger partial charge is 0.168 e. The lowest BCUT2D eigenvalue weighted by molar-refractivity contribution is -0.131. The SMILES string of the molecule is C=CC1=CC[C@H]2C(=O)C(c3ccccc3)=CC(=O)[C@@]2(c2ccccc2)[C@H]1c1cccc(OC)c1O. The summed E-state index contributed by atoms with van der Waals surface area (Å²) in [6.45, 7) is 4.01. The molecule has 0 aromatic heterocycles. The number of carbonyl (C=O) groups excluding carboxylic acids is 2. The molecule has 0 fully saturated rings. The first-order valence-corrected chi connectivity index (χ1v) is 11.6. The Morgan fingerprint density at radius 3 is 2.31 bits per heavy atom. The Bertz CT molecular complexity index is 1370. The van der Waals surface area contributed by atoms with Crippen molar-refractivity contribution in [3.63, 3.8) is 0 Å². The van der Waals surface area contributed by atoms with Crippen LogP contribution in [0.2, 0.25) is 0 Å². The fourth-order valence-electron chi connectivity index (χ4n) is 5.79. The second-order valence-corrected chi connectivity index (χ2v) is 8.92. The number of rotatable bonds is 5. The zero-order chi connectivity index (χ0) is 24.6. The van der Waals surface area contributed by atoms with E-state index in [0.29, 0.717) is 23.3 Å². The molecule has 2 aliphatic carbocycles. The number of carbonyl (C=O) groups is 2. The van der Waals surface area contributed by atoms with E-state index in [9.17, 15) is 14.7 Å². The number of allylic oxidation sites excluding steroid dienone is 5. The third-order valence-electron chi connectivity index (χ3n) is 7.33. The van der Waals surface area contributed by atoms with Crippen LogP contribution in [0.15, 0.2) is 109 Å². The number of ketones is 2. The number of methoxy groups -OCH3 is 1. The average Bonchev–Trinajstić information content (AvgIpc) is 2.91. The zero-order valence-electron chi connectivity index (χ0n) is 19.5. The van der Waals surface area contributed by atoms with Gasteiger partial charge in [0.05, 0.1) is 12.5 Å². The van der Waals surface area contributed by atoms with Gasteiger partial charge in [0.15, 0.2) is 23.1 Å². The number of aromatic hydroxyl groups is 1. The number of hydrogen-bond acceptors (Lipinski definition) is 4. The maximum Gasteiger partial charge on any atom is 0.168 e. The molecule has 3 aromatic carbocycles. The molecule has 3 atom stereocenters. The summed E-state index contributed by atoms with van der Waals surface area (Å²) in [6.07, 6.45) is 5.59. The molecule has 3 aromatic rings. The van der Waals surface area contributed by atoms with E-state index >= 15 is 0 Å². The molecule has 0 radical (unpaired) electrons. The lowest BCUT2D eigenvalue weighted by Crippen LogP contribution is -2.54. The molecule has 1 N–H and O–H groups in total. The Morgan fingerprint density at radius 2 is 1.66 bits per heavy atom. The Labute approximate surface area is 204 Å². The van der Waals surface area contributed by atoms with Crippen molar-refractivity contribution in [2.24, 2.45) is 5.92 Å². The van der Waals surface area contributed by atoms with Gasteiger partial charge in [-0.05, 0) is 35.3 Å². The molecule has 0 aliphatic heterocycles. The summed E-state index contributed by atoms with van der Waals surface area (Å²) in [6, 6.07) is 24.0. The highest BCUT2D eigenvalue weighted by Crippen LogP contribution is 2.58. The predicted molar refractivity (Wildman–Crippen MR) is 136 cm³/mol. The molecule has 2 aliphatic rings. The number of ether oxygens (including phenoxy) is 1. The number of para-hydroxylation sites is 1. The van der Waals surface area contributed by atoms with E-state index in [1.165, 1.54) is 13.2 Å². The highest BCUT2D eigenvalue weighted by Gasteiger charge is 2.59. The Balaban J connectivity index is 1.83. The second kappa shape index (κ2) is 8.88. The van der Waals surface area contributed by atoms with Crippen LogP contribution >= 0.6 is 0 Å². The van der Waals surface area contributed by atoms with E-state index < -0.39 is 17.3 Å². The monoisotopic (exact) mass is 462 g/mol. The highest BCUT2D eigenvalue weighted by molar-refractivity contribution is 6.31. The van der Waals surface area contributed by atoms with E-state index in [2.05, 4.69) is 6.58 Å². The largest absolute Gasteiger partial charge is 0.504 e. The number of benzene rings is 3. The Kier molecular flexibility index (Phi) is 5.73. The number of phenols is 1. The van der Waals surface area contributed by atoms with Crippen molar-refractivity contribution in [1.82, 2.24) is 0 Å². The van der Waals surface area contributed by atoms with Crippen LogP contribution in [-0.2, 0) is 15.0 Å². The lowest BCUT2D eigenvalue weighted by Gasteiger charge is -2.49. The minimum atomic E-state index is -1.24. The molecule has 0 amide bonds. The van der Waals surface area contributed by atoms with E-state index in [1.54, 1.807) is 24.3 Å². The summed E-state index contributed by atoms with van der Waals surface area (Å²) in [5, 5.41) is 11.2. The predicted octanol–water partition coefficient (Wildman–Crippen LogP) is 5.79. The van der Waals surface area contributed by atoms with Crippen LogP contribution in [0.1, 0.15) is 29.0 Å². The van der Waals surface area contributed by atoms with Gasteiger partial charge in [-0.3, -0.25) is 9.59 Å².